The molecule has 4 aromatic rings. The van der Waals surface area contributed by atoms with Gasteiger partial charge in [0.1, 0.15) is 0 Å². The van der Waals surface area contributed by atoms with Gasteiger partial charge in [0.2, 0.25) is 0 Å². The number of hydrogen-bond donors (Lipinski definition) is 1. The molecular formula is C22H24N4. The fraction of sp³-hybridized carbons (Fsp3) is 0.318. The SMILES string of the molecule is CC(Cc1cnc2[nH]ncc2c1)Cc1ccc2ncccc2c1C(C)C. The molecule has 0 aliphatic rings. The van der Waals surface area contributed by atoms with E-state index in [0.29, 0.717) is 11.8 Å². The second-order valence-corrected chi connectivity index (χ2v) is 7.53. The fourth-order valence-electron chi connectivity index (χ4n) is 3.92. The van der Waals surface area contributed by atoms with Gasteiger partial charge in [-0.3, -0.25) is 10.1 Å². The third-order valence-corrected chi connectivity index (χ3v) is 4.99. The van der Waals surface area contributed by atoms with E-state index in [1.807, 2.05) is 24.7 Å². The number of aromatic amines is 1. The highest BCUT2D eigenvalue weighted by Gasteiger charge is 2.15. The molecule has 26 heavy (non-hydrogen) atoms. The van der Waals surface area contributed by atoms with Gasteiger partial charge in [0, 0.05) is 23.2 Å². The number of rotatable bonds is 5. The average molecular weight is 344 g/mol. The van der Waals surface area contributed by atoms with Crippen LogP contribution < -0.4 is 0 Å². The first kappa shape index (κ1) is 16.7. The van der Waals surface area contributed by atoms with Crippen LogP contribution in [0.25, 0.3) is 21.9 Å². The van der Waals surface area contributed by atoms with E-state index in [9.17, 15) is 0 Å². The summed E-state index contributed by atoms with van der Waals surface area (Å²) in [6, 6.07) is 10.8. The Morgan fingerprint density at radius 2 is 1.88 bits per heavy atom. The Labute approximate surface area is 153 Å². The van der Waals surface area contributed by atoms with Crippen molar-refractivity contribution in [2.75, 3.05) is 0 Å². The Balaban J connectivity index is 1.60. The molecule has 0 aliphatic carbocycles. The third kappa shape index (κ3) is 3.19. The lowest BCUT2D eigenvalue weighted by Crippen LogP contribution is -2.08. The quantitative estimate of drug-likeness (QED) is 0.551. The molecule has 0 amide bonds. The highest BCUT2D eigenvalue weighted by Crippen LogP contribution is 2.30. The van der Waals surface area contributed by atoms with Gasteiger partial charge in [-0.25, -0.2) is 4.98 Å². The molecule has 4 rings (SSSR count). The van der Waals surface area contributed by atoms with Crippen molar-refractivity contribution < 1.29 is 0 Å². The monoisotopic (exact) mass is 344 g/mol. The minimum atomic E-state index is 0.481. The first-order valence-corrected chi connectivity index (χ1v) is 9.26. The normalized spacial score (nSPS) is 12.9. The van der Waals surface area contributed by atoms with Crippen molar-refractivity contribution in [3.8, 4) is 0 Å². The first-order chi connectivity index (χ1) is 12.6. The van der Waals surface area contributed by atoms with Crippen LogP contribution in [0.2, 0.25) is 0 Å². The molecule has 1 unspecified atom stereocenters. The lowest BCUT2D eigenvalue weighted by Gasteiger charge is -2.19. The Bertz CT molecular complexity index is 1050. The second-order valence-electron chi connectivity index (χ2n) is 7.53. The number of nitrogens with zero attached hydrogens (tertiary/aromatic N) is 3. The number of hydrogen-bond acceptors (Lipinski definition) is 3. The maximum absolute atomic E-state index is 4.52. The van der Waals surface area contributed by atoms with Crippen LogP contribution in [0.4, 0.5) is 0 Å². The van der Waals surface area contributed by atoms with E-state index in [0.717, 1.165) is 29.4 Å². The zero-order valence-corrected chi connectivity index (χ0v) is 15.5. The van der Waals surface area contributed by atoms with Gasteiger partial charge in [0.05, 0.1) is 11.7 Å². The largest absolute Gasteiger partial charge is 0.261 e. The highest BCUT2D eigenvalue weighted by atomic mass is 15.1. The van der Waals surface area contributed by atoms with Crippen LogP contribution in [0.1, 0.15) is 43.4 Å². The number of pyridine rings is 2. The van der Waals surface area contributed by atoms with Gasteiger partial charge >= 0.3 is 0 Å². The van der Waals surface area contributed by atoms with E-state index in [2.05, 4.69) is 65.2 Å². The summed E-state index contributed by atoms with van der Waals surface area (Å²) >= 11 is 0. The van der Waals surface area contributed by atoms with Gasteiger partial charge in [0.15, 0.2) is 5.65 Å². The standard InChI is InChI=1S/C22H24N4/c1-14(2)21-17(6-7-20-19(21)5-4-8-23-20)10-15(3)9-16-11-18-13-25-26-22(18)24-12-16/h4-8,11-15H,9-10H2,1-3H3,(H,24,25,26). The number of aromatic nitrogens is 4. The van der Waals surface area contributed by atoms with Crippen molar-refractivity contribution in [1.29, 1.82) is 0 Å². The topological polar surface area (TPSA) is 54.5 Å². The molecule has 1 aromatic carbocycles. The van der Waals surface area contributed by atoms with E-state index in [4.69, 9.17) is 0 Å². The zero-order chi connectivity index (χ0) is 18.1. The van der Waals surface area contributed by atoms with E-state index in [1.54, 1.807) is 0 Å². The van der Waals surface area contributed by atoms with Gasteiger partial charge in [-0.1, -0.05) is 32.9 Å². The maximum atomic E-state index is 4.52. The third-order valence-electron chi connectivity index (χ3n) is 4.99. The van der Waals surface area contributed by atoms with Crippen LogP contribution >= 0.6 is 0 Å². The zero-order valence-electron chi connectivity index (χ0n) is 15.5. The lowest BCUT2D eigenvalue weighted by molar-refractivity contribution is 0.572. The summed E-state index contributed by atoms with van der Waals surface area (Å²) in [4.78, 5) is 8.98. The summed E-state index contributed by atoms with van der Waals surface area (Å²) in [6.45, 7) is 6.86. The fourth-order valence-corrected chi connectivity index (χ4v) is 3.92. The molecule has 0 saturated carbocycles. The van der Waals surface area contributed by atoms with Crippen LogP contribution in [0, 0.1) is 5.92 Å². The number of benzene rings is 1. The second kappa shape index (κ2) is 6.87. The van der Waals surface area contributed by atoms with Crippen molar-refractivity contribution >= 4 is 21.9 Å². The molecule has 3 heterocycles. The summed E-state index contributed by atoms with van der Waals surface area (Å²) < 4.78 is 0. The van der Waals surface area contributed by atoms with Crippen LogP contribution in [0.15, 0.2) is 48.9 Å². The van der Waals surface area contributed by atoms with Crippen molar-refractivity contribution in [2.24, 2.45) is 5.92 Å². The van der Waals surface area contributed by atoms with Crippen LogP contribution in [0.3, 0.4) is 0 Å². The minimum Gasteiger partial charge on any atom is -0.261 e. The summed E-state index contributed by atoms with van der Waals surface area (Å²) in [5.74, 6) is 1.02. The summed E-state index contributed by atoms with van der Waals surface area (Å²) in [5.41, 5.74) is 6.07. The Hall–Kier alpha value is -2.75. The molecule has 0 spiro atoms. The summed E-state index contributed by atoms with van der Waals surface area (Å²) in [7, 11) is 0. The van der Waals surface area contributed by atoms with Crippen LogP contribution in [-0.4, -0.2) is 20.2 Å². The molecule has 0 radical (unpaired) electrons. The number of fused-ring (bicyclic) bond motifs is 2. The van der Waals surface area contributed by atoms with Gasteiger partial charge in [-0.2, -0.15) is 5.10 Å². The predicted octanol–water partition coefficient (Wildman–Crippen LogP) is 5.05. The Morgan fingerprint density at radius 1 is 1.00 bits per heavy atom. The summed E-state index contributed by atoms with van der Waals surface area (Å²) in [6.07, 6.45) is 7.74. The average Bonchev–Trinajstić information content (AvgIpc) is 3.08. The molecule has 1 N–H and O–H groups in total. The highest BCUT2D eigenvalue weighted by molar-refractivity contribution is 5.83. The first-order valence-electron chi connectivity index (χ1n) is 9.26. The molecular weight excluding hydrogens is 320 g/mol. The molecule has 0 fully saturated rings. The molecule has 3 aromatic heterocycles. The molecule has 4 nitrogen and oxygen atoms in total. The van der Waals surface area contributed by atoms with Crippen molar-refractivity contribution in [1.82, 2.24) is 20.2 Å². The molecule has 1 atom stereocenters. The van der Waals surface area contributed by atoms with Crippen molar-refractivity contribution in [2.45, 2.75) is 39.5 Å². The van der Waals surface area contributed by atoms with E-state index in [-0.39, 0.29) is 0 Å². The Morgan fingerprint density at radius 3 is 2.73 bits per heavy atom. The predicted molar refractivity (Wildman–Crippen MR) is 106 cm³/mol. The molecule has 0 aliphatic heterocycles. The van der Waals surface area contributed by atoms with Gasteiger partial charge in [0.25, 0.3) is 0 Å². The molecule has 0 saturated heterocycles. The molecule has 132 valence electrons. The van der Waals surface area contributed by atoms with Gasteiger partial charge in [-0.15, -0.1) is 0 Å². The van der Waals surface area contributed by atoms with E-state index >= 15 is 0 Å². The van der Waals surface area contributed by atoms with E-state index in [1.165, 1.54) is 22.1 Å². The number of nitrogens with one attached hydrogen (secondary N) is 1. The molecule has 4 heteroatoms. The van der Waals surface area contributed by atoms with Crippen molar-refractivity contribution in [3.63, 3.8) is 0 Å². The van der Waals surface area contributed by atoms with Crippen LogP contribution in [0.5, 0.6) is 0 Å². The lowest BCUT2D eigenvalue weighted by atomic mass is 9.86. The van der Waals surface area contributed by atoms with Crippen LogP contribution in [-0.2, 0) is 12.8 Å². The molecule has 0 bridgehead atoms. The summed E-state index contributed by atoms with van der Waals surface area (Å²) in [5, 5.41) is 9.33. The van der Waals surface area contributed by atoms with E-state index < -0.39 is 0 Å². The Kier molecular flexibility index (Phi) is 4.41. The van der Waals surface area contributed by atoms with Crippen molar-refractivity contribution in [3.05, 3.63) is 65.6 Å². The van der Waals surface area contributed by atoms with Gasteiger partial charge in [-0.05, 0) is 59.6 Å². The smallest absolute Gasteiger partial charge is 0.155 e. The number of H-pyrrole nitrogens is 1. The maximum Gasteiger partial charge on any atom is 0.155 e. The minimum absolute atomic E-state index is 0.481. The van der Waals surface area contributed by atoms with Gasteiger partial charge < -0.3 is 0 Å².